The van der Waals surface area contributed by atoms with Crippen molar-refractivity contribution < 1.29 is 17.9 Å². The van der Waals surface area contributed by atoms with E-state index in [1.54, 1.807) is 24.3 Å². The summed E-state index contributed by atoms with van der Waals surface area (Å²) in [6.45, 7) is 0.375. The molecule has 0 unspecified atom stereocenters. The van der Waals surface area contributed by atoms with E-state index in [1.807, 2.05) is 0 Å². The number of hydrogen-bond acceptors (Lipinski definition) is 4. The zero-order valence-electron chi connectivity index (χ0n) is 13.3. The Labute approximate surface area is 164 Å². The Morgan fingerprint density at radius 1 is 1.28 bits per heavy atom. The van der Waals surface area contributed by atoms with Gasteiger partial charge in [-0.2, -0.15) is 0 Å². The standard InChI is InChI=1S/C16H16ClIN2O4S/c1-24-15-9-14(18)13(17)8-12(15)16(21)20-7-6-10-2-4-11(5-3-10)25(19,22)23/h2-5,8-9H,6-7H2,1H3,(H,20,21)(H2,19,22,23). The van der Waals surface area contributed by atoms with E-state index in [-0.39, 0.29) is 10.8 Å². The molecule has 2 aromatic carbocycles. The molecule has 0 bridgehead atoms. The van der Waals surface area contributed by atoms with Crippen molar-refractivity contribution in [2.24, 2.45) is 5.14 Å². The van der Waals surface area contributed by atoms with Gasteiger partial charge in [-0.3, -0.25) is 4.79 Å². The molecular formula is C16H16ClIN2O4S. The highest BCUT2D eigenvalue weighted by molar-refractivity contribution is 14.1. The lowest BCUT2D eigenvalue weighted by Crippen LogP contribution is -2.26. The number of amides is 1. The van der Waals surface area contributed by atoms with Crippen molar-refractivity contribution in [2.45, 2.75) is 11.3 Å². The third-order valence-corrected chi connectivity index (χ3v) is 5.89. The number of methoxy groups -OCH3 is 1. The molecule has 0 aliphatic rings. The van der Waals surface area contributed by atoms with Crippen LogP contribution in [0, 0.1) is 3.57 Å². The highest BCUT2D eigenvalue weighted by atomic mass is 127. The summed E-state index contributed by atoms with van der Waals surface area (Å²) in [5, 5.41) is 8.32. The van der Waals surface area contributed by atoms with E-state index in [2.05, 4.69) is 27.9 Å². The fourth-order valence-electron chi connectivity index (χ4n) is 2.14. The van der Waals surface area contributed by atoms with Crippen molar-refractivity contribution in [3.63, 3.8) is 0 Å². The Kier molecular flexibility index (Phi) is 6.66. The van der Waals surface area contributed by atoms with E-state index in [0.29, 0.717) is 29.3 Å². The molecule has 0 aromatic heterocycles. The quantitative estimate of drug-likeness (QED) is 0.603. The third-order valence-electron chi connectivity index (χ3n) is 3.44. The van der Waals surface area contributed by atoms with Crippen LogP contribution < -0.4 is 15.2 Å². The van der Waals surface area contributed by atoms with Gasteiger partial charge < -0.3 is 10.1 Å². The summed E-state index contributed by atoms with van der Waals surface area (Å²) in [5.74, 6) is 0.153. The molecule has 0 aliphatic carbocycles. The second-order valence-electron chi connectivity index (χ2n) is 5.16. The van der Waals surface area contributed by atoms with Gasteiger partial charge in [0.25, 0.3) is 5.91 Å². The average molecular weight is 495 g/mol. The Hall–Kier alpha value is -1.36. The first-order valence-electron chi connectivity index (χ1n) is 7.15. The molecule has 0 fully saturated rings. The van der Waals surface area contributed by atoms with Crippen molar-refractivity contribution in [1.29, 1.82) is 0 Å². The molecule has 0 spiro atoms. The first kappa shape index (κ1) is 20.0. The zero-order chi connectivity index (χ0) is 18.6. The highest BCUT2D eigenvalue weighted by Gasteiger charge is 2.15. The van der Waals surface area contributed by atoms with Crippen LogP contribution in [0.4, 0.5) is 0 Å². The van der Waals surface area contributed by atoms with Crippen LogP contribution in [-0.4, -0.2) is 28.0 Å². The average Bonchev–Trinajstić information content (AvgIpc) is 2.56. The Bertz CT molecular complexity index is 886. The van der Waals surface area contributed by atoms with E-state index in [1.165, 1.54) is 19.2 Å². The monoisotopic (exact) mass is 494 g/mol. The lowest BCUT2D eigenvalue weighted by Gasteiger charge is -2.11. The summed E-state index contributed by atoms with van der Waals surface area (Å²) in [7, 11) is -2.21. The van der Waals surface area contributed by atoms with Crippen molar-refractivity contribution >= 4 is 50.1 Å². The molecule has 0 atom stereocenters. The van der Waals surface area contributed by atoms with Gasteiger partial charge in [-0.25, -0.2) is 13.6 Å². The van der Waals surface area contributed by atoms with Crippen molar-refractivity contribution in [2.75, 3.05) is 13.7 Å². The van der Waals surface area contributed by atoms with Gasteiger partial charge in [0.1, 0.15) is 5.75 Å². The van der Waals surface area contributed by atoms with Crippen LogP contribution in [0.3, 0.4) is 0 Å². The van der Waals surface area contributed by atoms with Gasteiger partial charge >= 0.3 is 0 Å². The molecule has 3 N–H and O–H groups in total. The maximum Gasteiger partial charge on any atom is 0.255 e. The number of carbonyl (C=O) groups is 1. The number of primary sulfonamides is 1. The molecule has 0 saturated carbocycles. The number of sulfonamides is 1. The largest absolute Gasteiger partial charge is 0.496 e. The zero-order valence-corrected chi connectivity index (χ0v) is 17.0. The number of ether oxygens (including phenoxy) is 1. The SMILES string of the molecule is COc1cc(I)c(Cl)cc1C(=O)NCCc1ccc(S(N)(=O)=O)cc1. The van der Waals surface area contributed by atoms with Gasteiger partial charge in [0.05, 0.1) is 22.6 Å². The molecule has 0 radical (unpaired) electrons. The molecule has 0 aliphatic heterocycles. The van der Waals surface area contributed by atoms with Crippen LogP contribution in [0.15, 0.2) is 41.3 Å². The second kappa shape index (κ2) is 8.35. The Balaban J connectivity index is 2.00. The molecule has 0 saturated heterocycles. The maximum atomic E-state index is 12.3. The summed E-state index contributed by atoms with van der Waals surface area (Å²) in [4.78, 5) is 12.4. The van der Waals surface area contributed by atoms with Crippen LogP contribution in [0.25, 0.3) is 0 Å². The van der Waals surface area contributed by atoms with Crippen molar-refractivity contribution in [3.8, 4) is 5.75 Å². The van der Waals surface area contributed by atoms with E-state index in [4.69, 9.17) is 21.5 Å². The highest BCUT2D eigenvalue weighted by Crippen LogP contribution is 2.28. The third kappa shape index (κ3) is 5.30. The minimum atomic E-state index is -3.70. The molecular weight excluding hydrogens is 479 g/mol. The summed E-state index contributed by atoms with van der Waals surface area (Å²) in [6.07, 6.45) is 0.539. The summed E-state index contributed by atoms with van der Waals surface area (Å²) < 4.78 is 28.4. The Morgan fingerprint density at radius 2 is 1.92 bits per heavy atom. The fourth-order valence-corrected chi connectivity index (χ4v) is 3.25. The number of nitrogens with two attached hydrogens (primary N) is 1. The molecule has 1 amide bonds. The fraction of sp³-hybridized carbons (Fsp3) is 0.188. The topological polar surface area (TPSA) is 98.5 Å². The molecule has 0 heterocycles. The minimum Gasteiger partial charge on any atom is -0.496 e. The van der Waals surface area contributed by atoms with Crippen LogP contribution in [0.1, 0.15) is 15.9 Å². The number of carbonyl (C=O) groups excluding carboxylic acids is 1. The van der Waals surface area contributed by atoms with Crippen LogP contribution in [0.5, 0.6) is 5.75 Å². The van der Waals surface area contributed by atoms with E-state index in [0.717, 1.165) is 9.13 Å². The molecule has 2 aromatic rings. The minimum absolute atomic E-state index is 0.0542. The first-order valence-corrected chi connectivity index (χ1v) is 10.2. The van der Waals surface area contributed by atoms with E-state index >= 15 is 0 Å². The predicted molar refractivity (Wildman–Crippen MR) is 105 cm³/mol. The van der Waals surface area contributed by atoms with Crippen LogP contribution >= 0.6 is 34.2 Å². The molecule has 25 heavy (non-hydrogen) atoms. The predicted octanol–water partition coefficient (Wildman–Crippen LogP) is 2.57. The maximum absolute atomic E-state index is 12.3. The lowest BCUT2D eigenvalue weighted by molar-refractivity contribution is 0.0951. The molecule has 9 heteroatoms. The van der Waals surface area contributed by atoms with Gasteiger partial charge in [0.15, 0.2) is 0 Å². The number of rotatable bonds is 6. The van der Waals surface area contributed by atoms with E-state index in [9.17, 15) is 13.2 Å². The normalized spacial score (nSPS) is 11.2. The van der Waals surface area contributed by atoms with Crippen LogP contribution in [0.2, 0.25) is 5.02 Å². The van der Waals surface area contributed by atoms with Gasteiger partial charge in [0.2, 0.25) is 10.0 Å². The molecule has 6 nitrogen and oxygen atoms in total. The number of benzene rings is 2. The van der Waals surface area contributed by atoms with E-state index < -0.39 is 10.0 Å². The smallest absolute Gasteiger partial charge is 0.255 e. The van der Waals surface area contributed by atoms with Crippen molar-refractivity contribution in [1.82, 2.24) is 5.32 Å². The Morgan fingerprint density at radius 3 is 2.48 bits per heavy atom. The van der Waals surface area contributed by atoms with Crippen LogP contribution in [-0.2, 0) is 16.4 Å². The summed E-state index contributed by atoms with van der Waals surface area (Å²) >= 11 is 8.13. The van der Waals surface area contributed by atoms with Gasteiger partial charge in [-0.05, 0) is 58.8 Å². The first-order chi connectivity index (χ1) is 11.7. The summed E-state index contributed by atoms with van der Waals surface area (Å²) in [5.41, 5.74) is 1.23. The van der Waals surface area contributed by atoms with Gasteiger partial charge in [0, 0.05) is 10.1 Å². The summed E-state index contributed by atoms with van der Waals surface area (Å²) in [6, 6.07) is 9.47. The second-order valence-corrected chi connectivity index (χ2v) is 8.29. The molecule has 134 valence electrons. The van der Waals surface area contributed by atoms with Gasteiger partial charge in [-0.15, -0.1) is 0 Å². The number of halogens is 2. The lowest BCUT2D eigenvalue weighted by atomic mass is 10.1. The van der Waals surface area contributed by atoms with Crippen molar-refractivity contribution in [3.05, 3.63) is 56.1 Å². The number of nitrogens with one attached hydrogen (secondary N) is 1. The van der Waals surface area contributed by atoms with Gasteiger partial charge in [-0.1, -0.05) is 23.7 Å². The molecule has 2 rings (SSSR count). The number of hydrogen-bond donors (Lipinski definition) is 2.